The predicted octanol–water partition coefficient (Wildman–Crippen LogP) is 1.85. The van der Waals surface area contributed by atoms with Crippen molar-refractivity contribution < 1.29 is 27.9 Å². The molecule has 1 amide bonds. The summed E-state index contributed by atoms with van der Waals surface area (Å²) in [5.41, 5.74) is -0.0144. The quantitative estimate of drug-likeness (QED) is 0.543. The first-order valence-electron chi connectivity index (χ1n) is 7.86. The highest BCUT2D eigenvalue weighted by molar-refractivity contribution is 7.92. The molecule has 0 aliphatic rings. The van der Waals surface area contributed by atoms with E-state index in [4.69, 9.17) is 4.74 Å². The summed E-state index contributed by atoms with van der Waals surface area (Å²) in [5.74, 6) is -0.433. The minimum absolute atomic E-state index is 0.0687. The van der Waals surface area contributed by atoms with E-state index < -0.39 is 21.6 Å². The van der Waals surface area contributed by atoms with Crippen LogP contribution in [0.3, 0.4) is 0 Å². The van der Waals surface area contributed by atoms with E-state index in [0.717, 1.165) is 21.5 Å². The third-order valence-electron chi connectivity index (χ3n) is 3.76. The topological polar surface area (TPSA) is 104 Å². The maximum absolute atomic E-state index is 12.4. The Bertz CT molecular complexity index is 944. The number of hydrogen-bond donors (Lipinski definition) is 1. The summed E-state index contributed by atoms with van der Waals surface area (Å²) < 4.78 is 30.5. The van der Waals surface area contributed by atoms with Gasteiger partial charge in [-0.25, -0.2) is 8.42 Å². The van der Waals surface area contributed by atoms with Crippen LogP contribution in [-0.4, -0.2) is 57.5 Å². The molecule has 2 aromatic rings. The summed E-state index contributed by atoms with van der Waals surface area (Å²) in [6.45, 7) is -0.247. The zero-order chi connectivity index (χ0) is 20.2. The normalized spacial score (nSPS) is 10.9. The number of likely N-dealkylation sites (N-methyl/N-ethyl adjacent to an activating group) is 1. The summed E-state index contributed by atoms with van der Waals surface area (Å²) in [7, 11) is -0.906. The van der Waals surface area contributed by atoms with Crippen molar-refractivity contribution in [2.24, 2.45) is 0 Å². The van der Waals surface area contributed by atoms with E-state index in [1.165, 1.54) is 20.2 Å². The molecule has 0 saturated carbocycles. The van der Waals surface area contributed by atoms with Crippen LogP contribution >= 0.6 is 0 Å². The van der Waals surface area contributed by atoms with Crippen LogP contribution in [-0.2, 0) is 14.8 Å². The number of hydrogen-bond acceptors (Lipinski definition) is 6. The molecule has 2 rings (SSSR count). The average molecular weight is 392 g/mol. The van der Waals surface area contributed by atoms with Gasteiger partial charge in [-0.3, -0.25) is 13.9 Å². The number of benzene rings is 2. The van der Waals surface area contributed by atoms with Crippen LogP contribution < -0.4 is 9.04 Å². The van der Waals surface area contributed by atoms with Gasteiger partial charge in [0.25, 0.3) is 0 Å². The second-order valence-corrected chi connectivity index (χ2v) is 7.94. The van der Waals surface area contributed by atoms with Crippen molar-refractivity contribution in [1.82, 2.24) is 4.90 Å². The van der Waals surface area contributed by atoms with Gasteiger partial charge in [0.05, 0.1) is 24.1 Å². The molecule has 1 N–H and O–H groups in total. The lowest BCUT2D eigenvalue weighted by Gasteiger charge is -2.22. The highest BCUT2D eigenvalue weighted by Gasteiger charge is 2.23. The Labute approximate surface area is 157 Å². The van der Waals surface area contributed by atoms with Gasteiger partial charge in [-0.2, -0.15) is 0 Å². The molecule has 0 spiro atoms. The Kier molecular flexibility index (Phi) is 6.06. The molecule has 0 radical (unpaired) electrons. The molecule has 9 heteroatoms. The largest absolute Gasteiger partial charge is 0.507 e. The molecular weight excluding hydrogens is 372 g/mol. The highest BCUT2D eigenvalue weighted by atomic mass is 32.2. The van der Waals surface area contributed by atoms with E-state index in [1.54, 1.807) is 30.3 Å². The summed E-state index contributed by atoms with van der Waals surface area (Å²) in [6, 6.07) is 11.0. The Balaban J connectivity index is 2.55. The maximum atomic E-state index is 12.4. The van der Waals surface area contributed by atoms with E-state index >= 15 is 0 Å². The fourth-order valence-corrected chi connectivity index (χ4v) is 2.75. The number of carbonyl (C=O) groups is 2. The van der Waals surface area contributed by atoms with E-state index in [-0.39, 0.29) is 23.5 Å². The molecule has 0 aliphatic carbocycles. The number of Topliss-reactive ketones (excluding diaryl/α,β-unsaturated/α-hetero) is 1. The van der Waals surface area contributed by atoms with Crippen LogP contribution in [0.2, 0.25) is 0 Å². The number of amides is 1. The first kappa shape index (κ1) is 20.2. The molecule has 0 bridgehead atoms. The van der Waals surface area contributed by atoms with E-state index in [2.05, 4.69) is 0 Å². The van der Waals surface area contributed by atoms with Gasteiger partial charge in [0.15, 0.2) is 11.5 Å². The average Bonchev–Trinajstić information content (AvgIpc) is 2.62. The second kappa shape index (κ2) is 8.09. The highest BCUT2D eigenvalue weighted by Crippen LogP contribution is 2.38. The van der Waals surface area contributed by atoms with Crippen LogP contribution in [0.1, 0.15) is 10.4 Å². The van der Waals surface area contributed by atoms with Gasteiger partial charge in [-0.1, -0.05) is 18.2 Å². The van der Waals surface area contributed by atoms with Crippen molar-refractivity contribution in [3.05, 3.63) is 48.0 Å². The molecular formula is C18H20N2O6S. The number of carbonyl (C=O) groups excluding carboxylic acids is 2. The van der Waals surface area contributed by atoms with Crippen molar-refractivity contribution >= 4 is 27.9 Å². The first-order chi connectivity index (χ1) is 12.6. The van der Waals surface area contributed by atoms with Crippen LogP contribution in [0.5, 0.6) is 17.2 Å². The van der Waals surface area contributed by atoms with Gasteiger partial charge in [0, 0.05) is 20.2 Å². The number of anilines is 1. The Morgan fingerprint density at radius 3 is 2.37 bits per heavy atom. The molecule has 0 aromatic heterocycles. The summed E-state index contributed by atoms with van der Waals surface area (Å²) in [6.07, 6.45) is 1.50. The van der Waals surface area contributed by atoms with Gasteiger partial charge in [0.2, 0.25) is 16.4 Å². The standard InChI is InChI=1S/C18H20N2O6S/c1-19(12-21)11-17(23)14-9-18(26-13-7-5-4-6-8-13)15(10-16(14)22)20(2)27(3,24)25/h4-10,12,22H,11H2,1-3H3. The fourth-order valence-electron chi connectivity index (χ4n) is 2.25. The number of rotatable bonds is 8. The maximum Gasteiger partial charge on any atom is 0.232 e. The van der Waals surface area contributed by atoms with Gasteiger partial charge in [0.1, 0.15) is 11.5 Å². The molecule has 27 heavy (non-hydrogen) atoms. The van der Waals surface area contributed by atoms with Crippen molar-refractivity contribution in [1.29, 1.82) is 0 Å². The third-order valence-corrected chi connectivity index (χ3v) is 4.95. The van der Waals surface area contributed by atoms with Crippen molar-refractivity contribution in [2.75, 3.05) is 31.2 Å². The second-order valence-electron chi connectivity index (χ2n) is 5.93. The zero-order valence-corrected chi connectivity index (χ0v) is 15.9. The molecule has 8 nitrogen and oxygen atoms in total. The Hall–Kier alpha value is -3.07. The van der Waals surface area contributed by atoms with Crippen LogP contribution in [0, 0.1) is 0 Å². The summed E-state index contributed by atoms with van der Waals surface area (Å²) in [5, 5.41) is 10.2. The molecule has 0 unspecified atom stereocenters. The predicted molar refractivity (Wildman–Crippen MR) is 101 cm³/mol. The SMILES string of the molecule is CN(C=O)CC(=O)c1cc(Oc2ccccc2)c(N(C)S(C)(=O)=O)cc1O. The minimum atomic E-state index is -3.64. The summed E-state index contributed by atoms with van der Waals surface area (Å²) in [4.78, 5) is 24.2. The number of phenolic OH excluding ortho intramolecular Hbond substituents is 1. The lowest BCUT2D eigenvalue weighted by atomic mass is 10.1. The third kappa shape index (κ3) is 4.98. The van der Waals surface area contributed by atoms with Gasteiger partial charge in [-0.05, 0) is 18.2 Å². The number of ketones is 1. The van der Waals surface area contributed by atoms with Gasteiger partial charge in [-0.15, -0.1) is 0 Å². The molecule has 0 saturated heterocycles. The van der Waals surface area contributed by atoms with Crippen LogP contribution in [0.15, 0.2) is 42.5 Å². The van der Waals surface area contributed by atoms with Crippen molar-refractivity contribution in [3.63, 3.8) is 0 Å². The number of para-hydroxylation sites is 1. The lowest BCUT2D eigenvalue weighted by molar-refractivity contribution is -0.116. The zero-order valence-electron chi connectivity index (χ0n) is 15.1. The monoisotopic (exact) mass is 392 g/mol. The molecule has 144 valence electrons. The van der Waals surface area contributed by atoms with E-state index in [9.17, 15) is 23.1 Å². The first-order valence-corrected chi connectivity index (χ1v) is 9.71. The minimum Gasteiger partial charge on any atom is -0.507 e. The number of sulfonamides is 1. The lowest BCUT2D eigenvalue weighted by Crippen LogP contribution is -2.26. The Morgan fingerprint density at radius 2 is 1.81 bits per heavy atom. The Morgan fingerprint density at radius 1 is 1.19 bits per heavy atom. The van der Waals surface area contributed by atoms with Crippen molar-refractivity contribution in [2.45, 2.75) is 0 Å². The van der Waals surface area contributed by atoms with Crippen LogP contribution in [0.25, 0.3) is 0 Å². The van der Waals surface area contributed by atoms with Gasteiger partial charge >= 0.3 is 0 Å². The van der Waals surface area contributed by atoms with Gasteiger partial charge < -0.3 is 14.7 Å². The number of nitrogens with zero attached hydrogens (tertiary/aromatic N) is 2. The summed E-state index contributed by atoms with van der Waals surface area (Å²) >= 11 is 0. The number of phenols is 1. The molecule has 2 aromatic carbocycles. The molecule has 0 heterocycles. The molecule has 0 atom stereocenters. The number of ether oxygens (including phenoxy) is 1. The van der Waals surface area contributed by atoms with E-state index in [0.29, 0.717) is 12.2 Å². The van der Waals surface area contributed by atoms with E-state index in [1.807, 2.05) is 0 Å². The fraction of sp³-hybridized carbons (Fsp3) is 0.222. The van der Waals surface area contributed by atoms with Crippen molar-refractivity contribution in [3.8, 4) is 17.2 Å². The molecule has 0 fully saturated rings. The van der Waals surface area contributed by atoms with Crippen LogP contribution in [0.4, 0.5) is 5.69 Å². The molecule has 0 aliphatic heterocycles. The number of aromatic hydroxyl groups is 1. The smallest absolute Gasteiger partial charge is 0.232 e.